The standard InChI is InChI=1S/C15H14Cl2N6O/c1-8-9(2)18-20-15(24)12(8)7-23-14(19-21-22-23)6-10-5-11(16)3-4-13(10)17/h3-5H,6-7H2,1-2H3,(H,20,24). The van der Waals surface area contributed by atoms with Crippen LogP contribution in [0.3, 0.4) is 0 Å². The molecule has 0 aliphatic carbocycles. The summed E-state index contributed by atoms with van der Waals surface area (Å²) >= 11 is 12.2. The maximum Gasteiger partial charge on any atom is 0.269 e. The van der Waals surface area contributed by atoms with Gasteiger partial charge in [0.2, 0.25) is 0 Å². The molecule has 0 aliphatic heterocycles. The molecule has 0 aliphatic rings. The van der Waals surface area contributed by atoms with Crippen LogP contribution >= 0.6 is 23.2 Å². The van der Waals surface area contributed by atoms with E-state index >= 15 is 0 Å². The van der Waals surface area contributed by atoms with Gasteiger partial charge in [-0.2, -0.15) is 5.10 Å². The zero-order chi connectivity index (χ0) is 17.3. The van der Waals surface area contributed by atoms with E-state index in [9.17, 15) is 4.79 Å². The molecule has 0 fully saturated rings. The van der Waals surface area contributed by atoms with Crippen LogP contribution in [0.1, 0.15) is 28.2 Å². The summed E-state index contributed by atoms with van der Waals surface area (Å²) in [7, 11) is 0. The number of halogens is 2. The second-order valence-electron chi connectivity index (χ2n) is 5.41. The van der Waals surface area contributed by atoms with Crippen molar-refractivity contribution >= 4 is 23.2 Å². The predicted octanol–water partition coefficient (Wildman–Crippen LogP) is 2.32. The van der Waals surface area contributed by atoms with Crippen LogP contribution in [-0.4, -0.2) is 30.4 Å². The number of H-pyrrole nitrogens is 1. The number of benzene rings is 1. The van der Waals surface area contributed by atoms with Gasteiger partial charge in [0.1, 0.15) is 0 Å². The van der Waals surface area contributed by atoms with E-state index in [0.717, 1.165) is 16.8 Å². The van der Waals surface area contributed by atoms with Crippen LogP contribution in [-0.2, 0) is 13.0 Å². The minimum Gasteiger partial charge on any atom is -0.268 e. The molecule has 3 rings (SSSR count). The van der Waals surface area contributed by atoms with E-state index in [1.165, 1.54) is 0 Å². The fraction of sp³-hybridized carbons (Fsp3) is 0.267. The fourth-order valence-electron chi connectivity index (χ4n) is 2.34. The molecule has 0 unspecified atom stereocenters. The van der Waals surface area contributed by atoms with Crippen molar-refractivity contribution in [2.45, 2.75) is 26.8 Å². The monoisotopic (exact) mass is 364 g/mol. The first-order chi connectivity index (χ1) is 11.5. The first-order valence-electron chi connectivity index (χ1n) is 7.19. The molecule has 0 amide bonds. The number of nitrogens with one attached hydrogen (secondary N) is 1. The Kier molecular flexibility index (Phi) is 4.64. The highest BCUT2D eigenvalue weighted by molar-refractivity contribution is 6.33. The zero-order valence-electron chi connectivity index (χ0n) is 13.0. The lowest BCUT2D eigenvalue weighted by Crippen LogP contribution is -2.21. The van der Waals surface area contributed by atoms with E-state index < -0.39 is 0 Å². The Morgan fingerprint density at radius 2 is 2.04 bits per heavy atom. The van der Waals surface area contributed by atoms with Crippen molar-refractivity contribution in [3.8, 4) is 0 Å². The van der Waals surface area contributed by atoms with Crippen LogP contribution < -0.4 is 5.56 Å². The third-order valence-corrected chi connectivity index (χ3v) is 4.47. The van der Waals surface area contributed by atoms with E-state index in [2.05, 4.69) is 25.7 Å². The summed E-state index contributed by atoms with van der Waals surface area (Å²) in [6.45, 7) is 3.94. The van der Waals surface area contributed by atoms with Gasteiger partial charge in [0, 0.05) is 22.0 Å². The number of aryl methyl sites for hydroxylation is 1. The normalized spacial score (nSPS) is 11.0. The number of tetrazole rings is 1. The first-order valence-corrected chi connectivity index (χ1v) is 7.95. The Hall–Kier alpha value is -2.25. The summed E-state index contributed by atoms with van der Waals surface area (Å²) in [6.07, 6.45) is 0.410. The summed E-state index contributed by atoms with van der Waals surface area (Å²) in [6, 6.07) is 5.23. The Labute approximate surface area is 147 Å². The summed E-state index contributed by atoms with van der Waals surface area (Å²) < 4.78 is 1.58. The molecular formula is C15H14Cl2N6O. The average Bonchev–Trinajstić information content (AvgIpc) is 2.98. The summed E-state index contributed by atoms with van der Waals surface area (Å²) in [5.41, 5.74) is 2.73. The molecule has 0 saturated heterocycles. The first kappa shape index (κ1) is 16.6. The van der Waals surface area contributed by atoms with Crippen molar-refractivity contribution in [1.82, 2.24) is 30.4 Å². The van der Waals surface area contributed by atoms with Gasteiger partial charge in [-0.15, -0.1) is 5.10 Å². The molecule has 0 atom stereocenters. The molecule has 0 spiro atoms. The van der Waals surface area contributed by atoms with Gasteiger partial charge in [-0.25, -0.2) is 9.78 Å². The summed E-state index contributed by atoms with van der Waals surface area (Å²) in [4.78, 5) is 12.0. The van der Waals surface area contributed by atoms with E-state index in [1.54, 1.807) is 22.9 Å². The molecule has 24 heavy (non-hydrogen) atoms. The van der Waals surface area contributed by atoms with Gasteiger partial charge in [0.15, 0.2) is 5.82 Å². The number of aromatic amines is 1. The van der Waals surface area contributed by atoms with Crippen LogP contribution in [0.15, 0.2) is 23.0 Å². The molecular weight excluding hydrogens is 351 g/mol. The van der Waals surface area contributed by atoms with Gasteiger partial charge >= 0.3 is 0 Å². The van der Waals surface area contributed by atoms with Crippen LogP contribution in [0.2, 0.25) is 10.0 Å². The van der Waals surface area contributed by atoms with Gasteiger partial charge in [-0.05, 0) is 53.6 Å². The smallest absolute Gasteiger partial charge is 0.268 e. The number of hydrogen-bond acceptors (Lipinski definition) is 5. The lowest BCUT2D eigenvalue weighted by atomic mass is 10.1. The number of aromatic nitrogens is 6. The Morgan fingerprint density at radius 1 is 1.25 bits per heavy atom. The minimum absolute atomic E-state index is 0.250. The maximum absolute atomic E-state index is 12.0. The van der Waals surface area contributed by atoms with Gasteiger partial charge in [0.25, 0.3) is 5.56 Å². The lowest BCUT2D eigenvalue weighted by molar-refractivity contribution is 0.615. The second-order valence-corrected chi connectivity index (χ2v) is 6.25. The molecule has 2 heterocycles. The Morgan fingerprint density at radius 3 is 2.83 bits per heavy atom. The van der Waals surface area contributed by atoms with Crippen molar-refractivity contribution < 1.29 is 0 Å². The average molecular weight is 365 g/mol. The quantitative estimate of drug-likeness (QED) is 0.767. The molecule has 9 heteroatoms. The SMILES string of the molecule is Cc1n[nH]c(=O)c(Cn2nnnc2Cc2cc(Cl)ccc2Cl)c1C. The van der Waals surface area contributed by atoms with Crippen molar-refractivity contribution in [3.05, 3.63) is 66.8 Å². The van der Waals surface area contributed by atoms with Crippen molar-refractivity contribution in [2.24, 2.45) is 0 Å². The molecule has 0 radical (unpaired) electrons. The van der Waals surface area contributed by atoms with Crippen LogP contribution in [0.25, 0.3) is 0 Å². The van der Waals surface area contributed by atoms with Gasteiger partial charge in [0.05, 0.1) is 12.2 Å². The molecule has 0 saturated carbocycles. The van der Waals surface area contributed by atoms with Crippen molar-refractivity contribution in [2.75, 3.05) is 0 Å². The number of rotatable bonds is 4. The third-order valence-electron chi connectivity index (χ3n) is 3.86. The number of nitrogens with zero attached hydrogens (tertiary/aromatic N) is 5. The molecule has 0 bridgehead atoms. The highest BCUT2D eigenvalue weighted by Crippen LogP contribution is 2.22. The van der Waals surface area contributed by atoms with E-state index in [0.29, 0.717) is 27.9 Å². The second kappa shape index (κ2) is 6.70. The number of hydrogen-bond donors (Lipinski definition) is 1. The third kappa shape index (κ3) is 3.32. The lowest BCUT2D eigenvalue weighted by Gasteiger charge is -2.09. The molecule has 1 aromatic carbocycles. The maximum atomic E-state index is 12.0. The summed E-state index contributed by atoms with van der Waals surface area (Å²) in [5.74, 6) is 0.590. The Bertz CT molecular complexity index is 949. The molecule has 2 aromatic heterocycles. The predicted molar refractivity (Wildman–Crippen MR) is 90.5 cm³/mol. The molecule has 7 nitrogen and oxygen atoms in total. The summed E-state index contributed by atoms with van der Waals surface area (Å²) in [5, 5.41) is 19.3. The van der Waals surface area contributed by atoms with E-state index in [1.807, 2.05) is 13.8 Å². The minimum atomic E-state index is -0.250. The van der Waals surface area contributed by atoms with Gasteiger partial charge in [-0.3, -0.25) is 4.79 Å². The fourth-order valence-corrected chi connectivity index (χ4v) is 2.72. The van der Waals surface area contributed by atoms with Crippen LogP contribution in [0, 0.1) is 13.8 Å². The molecule has 1 N–H and O–H groups in total. The van der Waals surface area contributed by atoms with Gasteiger partial charge in [-0.1, -0.05) is 23.2 Å². The highest BCUT2D eigenvalue weighted by atomic mass is 35.5. The molecule has 124 valence electrons. The largest absolute Gasteiger partial charge is 0.269 e. The topological polar surface area (TPSA) is 89.4 Å². The van der Waals surface area contributed by atoms with E-state index in [4.69, 9.17) is 23.2 Å². The highest BCUT2D eigenvalue weighted by Gasteiger charge is 2.14. The van der Waals surface area contributed by atoms with Gasteiger partial charge < -0.3 is 0 Å². The zero-order valence-corrected chi connectivity index (χ0v) is 14.6. The van der Waals surface area contributed by atoms with Crippen LogP contribution in [0.4, 0.5) is 0 Å². The molecule has 3 aromatic rings. The van der Waals surface area contributed by atoms with Crippen molar-refractivity contribution in [3.63, 3.8) is 0 Å². The van der Waals surface area contributed by atoms with Crippen LogP contribution in [0.5, 0.6) is 0 Å². The van der Waals surface area contributed by atoms with E-state index in [-0.39, 0.29) is 12.1 Å². The van der Waals surface area contributed by atoms with Crippen molar-refractivity contribution in [1.29, 1.82) is 0 Å². The Balaban J connectivity index is 1.93.